The quantitative estimate of drug-likeness (QED) is 0.794. The lowest BCUT2D eigenvalue weighted by Crippen LogP contribution is -2.60. The number of hydrogen-bond donors (Lipinski definition) is 2. The topological polar surface area (TPSA) is 39.3 Å². The fourth-order valence-corrected chi connectivity index (χ4v) is 5.32. The predicted octanol–water partition coefficient (Wildman–Crippen LogP) is 3.02. The maximum atomic E-state index is 9.99. The van der Waals surface area contributed by atoms with E-state index in [9.17, 15) is 5.11 Å². The van der Waals surface area contributed by atoms with Crippen molar-refractivity contribution in [3.63, 3.8) is 0 Å². The number of nitrogens with zero attached hydrogens (tertiary/aromatic N) is 1. The standard InChI is InChI=1S/C19H22N2O/c1-2-11-9-21-17-8-14-12-5-3-4-6-16(12)20-19(14)18(21)7-13(11)15(17)10-22/h2-6,13,15,17-18,20,22H,7-10H2,1H3/t13-,15-,17-,18-/m0/s1. The average Bonchev–Trinajstić information content (AvgIpc) is 2.93. The van der Waals surface area contributed by atoms with E-state index in [2.05, 4.69) is 47.1 Å². The molecule has 2 N–H and O–H groups in total. The van der Waals surface area contributed by atoms with Crippen molar-refractivity contribution in [1.82, 2.24) is 9.88 Å². The first-order valence-electron chi connectivity index (χ1n) is 8.43. The van der Waals surface area contributed by atoms with Crippen molar-refractivity contribution in [3.8, 4) is 0 Å². The lowest BCUT2D eigenvalue weighted by atomic mass is 9.64. The van der Waals surface area contributed by atoms with Crippen LogP contribution in [0.4, 0.5) is 0 Å². The molecule has 22 heavy (non-hydrogen) atoms. The van der Waals surface area contributed by atoms with Gasteiger partial charge in [-0.25, -0.2) is 0 Å². The molecule has 1 aromatic carbocycles. The van der Waals surface area contributed by atoms with E-state index >= 15 is 0 Å². The zero-order chi connectivity index (χ0) is 14.8. The van der Waals surface area contributed by atoms with Crippen molar-refractivity contribution in [3.05, 3.63) is 47.2 Å². The third-order valence-corrected chi connectivity index (χ3v) is 6.33. The molecule has 1 aromatic heterocycles. The normalized spacial score (nSPS) is 37.7. The number of piperidine rings is 3. The molecule has 5 atom stereocenters. The zero-order valence-electron chi connectivity index (χ0n) is 12.9. The molecular weight excluding hydrogens is 272 g/mol. The van der Waals surface area contributed by atoms with E-state index in [0.717, 1.165) is 19.4 Å². The van der Waals surface area contributed by atoms with Crippen LogP contribution in [0.2, 0.25) is 0 Å². The second-order valence-corrected chi connectivity index (χ2v) is 7.07. The van der Waals surface area contributed by atoms with Crippen LogP contribution >= 0.6 is 0 Å². The molecule has 0 spiro atoms. The van der Waals surface area contributed by atoms with Crippen LogP contribution in [0.5, 0.6) is 0 Å². The number of hydrogen-bond acceptors (Lipinski definition) is 2. The molecule has 0 saturated carbocycles. The monoisotopic (exact) mass is 294 g/mol. The highest BCUT2D eigenvalue weighted by molar-refractivity contribution is 5.85. The lowest BCUT2D eigenvalue weighted by molar-refractivity contribution is -0.0503. The van der Waals surface area contributed by atoms with Crippen molar-refractivity contribution in [2.24, 2.45) is 11.8 Å². The minimum absolute atomic E-state index is 0.313. The molecule has 4 aliphatic rings. The summed E-state index contributed by atoms with van der Waals surface area (Å²) in [5.74, 6) is 0.965. The Morgan fingerprint density at radius 3 is 3.05 bits per heavy atom. The van der Waals surface area contributed by atoms with E-state index in [1.807, 2.05) is 0 Å². The predicted molar refractivity (Wildman–Crippen MR) is 87.7 cm³/mol. The maximum absolute atomic E-state index is 9.99. The van der Waals surface area contributed by atoms with Gasteiger partial charge in [-0.1, -0.05) is 29.8 Å². The lowest BCUT2D eigenvalue weighted by Gasteiger charge is -2.58. The molecule has 1 unspecified atom stereocenters. The maximum Gasteiger partial charge on any atom is 0.0514 e. The van der Waals surface area contributed by atoms with Gasteiger partial charge in [-0.15, -0.1) is 0 Å². The summed E-state index contributed by atoms with van der Waals surface area (Å²) in [6.07, 6.45) is 4.51. The summed E-state index contributed by atoms with van der Waals surface area (Å²) in [6.45, 7) is 3.55. The first kappa shape index (κ1) is 12.9. The fraction of sp³-hybridized carbons (Fsp3) is 0.474. The summed E-state index contributed by atoms with van der Waals surface area (Å²) in [5.41, 5.74) is 5.74. The van der Waals surface area contributed by atoms with Crippen LogP contribution in [-0.2, 0) is 6.42 Å². The third kappa shape index (κ3) is 1.48. The summed E-state index contributed by atoms with van der Waals surface area (Å²) in [7, 11) is 0. The molecule has 0 radical (unpaired) electrons. The van der Waals surface area contributed by atoms with Gasteiger partial charge in [0.15, 0.2) is 0 Å². The average molecular weight is 294 g/mol. The van der Waals surface area contributed by atoms with Crippen molar-refractivity contribution in [2.75, 3.05) is 13.2 Å². The van der Waals surface area contributed by atoms with Gasteiger partial charge in [-0.3, -0.25) is 4.90 Å². The number of benzene rings is 1. The second-order valence-electron chi connectivity index (χ2n) is 7.07. The minimum atomic E-state index is 0.313. The number of aromatic amines is 1. The Labute approximate surface area is 130 Å². The van der Waals surface area contributed by atoms with Crippen LogP contribution in [0.15, 0.2) is 35.9 Å². The Hall–Kier alpha value is -1.58. The van der Waals surface area contributed by atoms with E-state index < -0.39 is 0 Å². The van der Waals surface area contributed by atoms with Crippen LogP contribution in [-0.4, -0.2) is 34.2 Å². The third-order valence-electron chi connectivity index (χ3n) is 6.33. The molecule has 3 heteroatoms. The highest BCUT2D eigenvalue weighted by Crippen LogP contribution is 2.53. The number of H-pyrrole nitrogens is 1. The summed E-state index contributed by atoms with van der Waals surface area (Å²) < 4.78 is 0. The van der Waals surface area contributed by atoms with Crippen LogP contribution in [0.25, 0.3) is 10.9 Å². The smallest absolute Gasteiger partial charge is 0.0514 e. The molecule has 4 aliphatic heterocycles. The molecule has 2 aromatic rings. The van der Waals surface area contributed by atoms with Crippen LogP contribution in [0.1, 0.15) is 30.6 Å². The van der Waals surface area contributed by atoms with Gasteiger partial charge < -0.3 is 10.1 Å². The van der Waals surface area contributed by atoms with Crippen molar-refractivity contribution in [2.45, 2.75) is 31.8 Å². The number of para-hydroxylation sites is 1. The number of allylic oxidation sites excluding steroid dienone is 1. The van der Waals surface area contributed by atoms with Gasteiger partial charge in [-0.05, 0) is 37.3 Å². The van der Waals surface area contributed by atoms with E-state index in [0.29, 0.717) is 30.5 Å². The number of fused-ring (bicyclic) bond motifs is 4. The van der Waals surface area contributed by atoms with Crippen molar-refractivity contribution < 1.29 is 5.11 Å². The zero-order valence-corrected chi connectivity index (χ0v) is 12.9. The molecule has 114 valence electrons. The number of aromatic nitrogens is 1. The van der Waals surface area contributed by atoms with Gasteiger partial charge in [0.2, 0.25) is 0 Å². The van der Waals surface area contributed by atoms with Gasteiger partial charge >= 0.3 is 0 Å². The summed E-state index contributed by atoms with van der Waals surface area (Å²) >= 11 is 0. The van der Waals surface area contributed by atoms with Gasteiger partial charge in [0.1, 0.15) is 0 Å². The van der Waals surface area contributed by atoms with Gasteiger partial charge in [0.05, 0.1) is 6.04 Å². The SMILES string of the molecule is CC=C1CN2[C@H]3C[C@@H]1[C@H](CO)[C@@H]2Cc1c3[nH]c2ccccc12. The molecule has 0 aliphatic carbocycles. The second kappa shape index (κ2) is 4.46. The van der Waals surface area contributed by atoms with Crippen LogP contribution in [0, 0.1) is 11.8 Å². The van der Waals surface area contributed by atoms with Crippen molar-refractivity contribution in [1.29, 1.82) is 0 Å². The Balaban J connectivity index is 1.69. The van der Waals surface area contributed by atoms with E-state index in [1.54, 1.807) is 0 Å². The molecule has 5 heterocycles. The Morgan fingerprint density at radius 2 is 2.23 bits per heavy atom. The first-order valence-corrected chi connectivity index (χ1v) is 8.43. The highest BCUT2D eigenvalue weighted by Gasteiger charge is 2.52. The minimum Gasteiger partial charge on any atom is -0.396 e. The Bertz CT molecular complexity index is 775. The number of aliphatic hydroxyl groups excluding tert-OH is 1. The highest BCUT2D eigenvalue weighted by atomic mass is 16.3. The molecule has 4 bridgehead atoms. The molecule has 3 saturated heterocycles. The molecule has 3 fully saturated rings. The van der Waals surface area contributed by atoms with E-state index in [1.165, 1.54) is 27.7 Å². The van der Waals surface area contributed by atoms with E-state index in [-0.39, 0.29) is 0 Å². The summed E-state index contributed by atoms with van der Waals surface area (Å²) in [4.78, 5) is 6.35. The Kier molecular flexibility index (Phi) is 2.62. The van der Waals surface area contributed by atoms with Crippen LogP contribution in [0.3, 0.4) is 0 Å². The molecule has 6 rings (SSSR count). The number of rotatable bonds is 1. The van der Waals surface area contributed by atoms with E-state index in [4.69, 9.17) is 0 Å². The van der Waals surface area contributed by atoms with Crippen LogP contribution < -0.4 is 0 Å². The van der Waals surface area contributed by atoms with Crippen molar-refractivity contribution >= 4 is 10.9 Å². The molecular formula is C19H22N2O. The first-order chi connectivity index (χ1) is 10.8. The molecule has 3 nitrogen and oxygen atoms in total. The van der Waals surface area contributed by atoms with Gasteiger partial charge in [-0.2, -0.15) is 0 Å². The number of nitrogens with one attached hydrogen (secondary N) is 1. The Morgan fingerprint density at radius 1 is 1.36 bits per heavy atom. The largest absolute Gasteiger partial charge is 0.396 e. The fourth-order valence-electron chi connectivity index (χ4n) is 5.32. The van der Waals surface area contributed by atoms with Gasteiger partial charge in [0.25, 0.3) is 0 Å². The summed E-state index contributed by atoms with van der Waals surface area (Å²) in [5, 5.41) is 11.4. The number of aliphatic hydroxyl groups is 1. The molecule has 0 amide bonds. The van der Waals surface area contributed by atoms with Gasteiger partial charge in [0, 0.05) is 41.7 Å². The summed E-state index contributed by atoms with van der Waals surface area (Å²) in [6, 6.07) is 9.68.